The highest BCUT2D eigenvalue weighted by molar-refractivity contribution is 9.10. The Morgan fingerprint density at radius 3 is 2.70 bits per heavy atom. The molecule has 0 heterocycles. The lowest BCUT2D eigenvalue weighted by Crippen LogP contribution is -2.28. The predicted octanol–water partition coefficient (Wildman–Crippen LogP) is 2.54. The van der Waals surface area contributed by atoms with Crippen LogP contribution >= 0.6 is 15.9 Å². The average molecular weight is 384 g/mol. The standard InChI is InChI=1S/C16H22BrN3O3/c1-4-7-18-15(21)9-12(3)19-20-16(22)10-23-13-5-6-14(17)11(2)8-13/h5-6,8H,4,7,9-10H2,1-3H3,(H,18,21)(H,20,22)/b19-12+. The molecule has 23 heavy (non-hydrogen) atoms. The molecule has 1 aromatic carbocycles. The Morgan fingerprint density at radius 2 is 2.04 bits per heavy atom. The van der Waals surface area contributed by atoms with Gasteiger partial charge >= 0.3 is 0 Å². The lowest BCUT2D eigenvalue weighted by Gasteiger charge is -2.07. The second kappa shape index (κ2) is 9.99. The van der Waals surface area contributed by atoms with Crippen molar-refractivity contribution in [2.75, 3.05) is 13.2 Å². The highest BCUT2D eigenvalue weighted by Crippen LogP contribution is 2.21. The third-order valence-electron chi connectivity index (χ3n) is 2.86. The first-order valence-corrected chi connectivity index (χ1v) is 8.19. The van der Waals surface area contributed by atoms with E-state index in [4.69, 9.17) is 4.74 Å². The summed E-state index contributed by atoms with van der Waals surface area (Å²) in [4.78, 5) is 23.2. The molecule has 0 aliphatic rings. The molecule has 2 amide bonds. The molecule has 0 aliphatic heterocycles. The molecular weight excluding hydrogens is 362 g/mol. The van der Waals surface area contributed by atoms with Gasteiger partial charge in [0.05, 0.1) is 6.42 Å². The summed E-state index contributed by atoms with van der Waals surface area (Å²) in [5, 5.41) is 6.63. The number of carbonyl (C=O) groups excluding carboxylic acids is 2. The van der Waals surface area contributed by atoms with Crippen molar-refractivity contribution in [3.05, 3.63) is 28.2 Å². The number of hydrogen-bond acceptors (Lipinski definition) is 4. The van der Waals surface area contributed by atoms with Crippen molar-refractivity contribution >= 4 is 33.5 Å². The first-order chi connectivity index (χ1) is 10.9. The lowest BCUT2D eigenvalue weighted by atomic mass is 10.2. The number of halogens is 1. The molecular formula is C16H22BrN3O3. The van der Waals surface area contributed by atoms with Crippen molar-refractivity contribution in [2.24, 2.45) is 5.10 Å². The monoisotopic (exact) mass is 383 g/mol. The van der Waals surface area contributed by atoms with E-state index in [1.54, 1.807) is 13.0 Å². The van der Waals surface area contributed by atoms with Gasteiger partial charge in [-0.25, -0.2) is 5.43 Å². The molecule has 126 valence electrons. The molecule has 1 rings (SSSR count). The van der Waals surface area contributed by atoms with Crippen LogP contribution in [0.2, 0.25) is 0 Å². The molecule has 0 bridgehead atoms. The fourth-order valence-corrected chi connectivity index (χ4v) is 1.89. The Bertz CT molecular complexity index is 588. The molecule has 0 fully saturated rings. The fourth-order valence-electron chi connectivity index (χ4n) is 1.64. The topological polar surface area (TPSA) is 79.8 Å². The first-order valence-electron chi connectivity index (χ1n) is 7.40. The van der Waals surface area contributed by atoms with E-state index in [1.807, 2.05) is 26.0 Å². The highest BCUT2D eigenvalue weighted by Gasteiger charge is 2.05. The van der Waals surface area contributed by atoms with Gasteiger partial charge in [-0.15, -0.1) is 0 Å². The summed E-state index contributed by atoms with van der Waals surface area (Å²) in [5.74, 6) is 0.128. The number of amides is 2. The van der Waals surface area contributed by atoms with E-state index in [0.717, 1.165) is 16.5 Å². The first kappa shape index (κ1) is 19.2. The van der Waals surface area contributed by atoms with Crippen LogP contribution in [0.1, 0.15) is 32.3 Å². The number of aryl methyl sites for hydroxylation is 1. The maximum Gasteiger partial charge on any atom is 0.277 e. The van der Waals surface area contributed by atoms with Crippen molar-refractivity contribution in [3.8, 4) is 5.75 Å². The van der Waals surface area contributed by atoms with Crippen molar-refractivity contribution in [3.63, 3.8) is 0 Å². The van der Waals surface area contributed by atoms with Crippen LogP contribution in [-0.2, 0) is 9.59 Å². The number of hydrazone groups is 1. The van der Waals surface area contributed by atoms with Crippen molar-refractivity contribution in [1.29, 1.82) is 0 Å². The Morgan fingerprint density at radius 1 is 1.30 bits per heavy atom. The number of carbonyl (C=O) groups is 2. The SMILES string of the molecule is CCCNC(=O)C/C(C)=N/NC(=O)COc1ccc(Br)c(C)c1. The number of rotatable bonds is 8. The van der Waals surface area contributed by atoms with E-state index in [9.17, 15) is 9.59 Å². The summed E-state index contributed by atoms with van der Waals surface area (Å²) < 4.78 is 6.37. The van der Waals surface area contributed by atoms with Gasteiger partial charge in [0.1, 0.15) is 5.75 Å². The molecule has 1 aromatic rings. The number of hydrogen-bond donors (Lipinski definition) is 2. The van der Waals surface area contributed by atoms with Gasteiger partial charge in [-0.1, -0.05) is 22.9 Å². The number of ether oxygens (including phenoxy) is 1. The van der Waals surface area contributed by atoms with Crippen molar-refractivity contribution in [2.45, 2.75) is 33.6 Å². The maximum absolute atomic E-state index is 11.7. The van der Waals surface area contributed by atoms with Gasteiger partial charge in [0.15, 0.2) is 6.61 Å². The van der Waals surface area contributed by atoms with Crippen LogP contribution in [0, 0.1) is 6.92 Å². The molecule has 0 spiro atoms. The molecule has 0 radical (unpaired) electrons. The molecule has 2 N–H and O–H groups in total. The zero-order valence-corrected chi connectivity index (χ0v) is 15.2. The number of nitrogens with one attached hydrogen (secondary N) is 2. The summed E-state index contributed by atoms with van der Waals surface area (Å²) >= 11 is 3.40. The van der Waals surface area contributed by atoms with Crippen molar-refractivity contribution < 1.29 is 14.3 Å². The van der Waals surface area contributed by atoms with Crippen LogP contribution in [0.25, 0.3) is 0 Å². The smallest absolute Gasteiger partial charge is 0.277 e. The molecule has 0 aliphatic carbocycles. The third-order valence-corrected chi connectivity index (χ3v) is 3.75. The van der Waals surface area contributed by atoms with Gasteiger partial charge in [-0.3, -0.25) is 9.59 Å². The Kier molecular flexibility index (Phi) is 8.32. The zero-order chi connectivity index (χ0) is 17.2. The van der Waals surface area contributed by atoms with Crippen LogP contribution in [0.5, 0.6) is 5.75 Å². The summed E-state index contributed by atoms with van der Waals surface area (Å²) in [5.41, 5.74) is 3.93. The van der Waals surface area contributed by atoms with E-state index in [1.165, 1.54) is 0 Å². The van der Waals surface area contributed by atoms with E-state index in [0.29, 0.717) is 18.0 Å². The minimum absolute atomic E-state index is 0.107. The molecule has 6 nitrogen and oxygen atoms in total. The quantitative estimate of drug-likeness (QED) is 0.534. The normalized spacial score (nSPS) is 11.0. The van der Waals surface area contributed by atoms with Crippen LogP contribution < -0.4 is 15.5 Å². The molecule has 0 unspecified atom stereocenters. The number of benzene rings is 1. The summed E-state index contributed by atoms with van der Waals surface area (Å²) in [7, 11) is 0. The summed E-state index contributed by atoms with van der Waals surface area (Å²) in [6, 6.07) is 5.47. The Labute approximate surface area is 144 Å². The van der Waals surface area contributed by atoms with Gasteiger partial charge in [0.2, 0.25) is 5.91 Å². The van der Waals surface area contributed by atoms with Gasteiger partial charge in [0, 0.05) is 16.7 Å². The van der Waals surface area contributed by atoms with Crippen LogP contribution in [0.4, 0.5) is 0 Å². The van der Waals surface area contributed by atoms with E-state index in [2.05, 4.69) is 31.8 Å². The summed E-state index contributed by atoms with van der Waals surface area (Å²) in [6.45, 7) is 6.10. The minimum Gasteiger partial charge on any atom is -0.484 e. The lowest BCUT2D eigenvalue weighted by molar-refractivity contribution is -0.123. The molecule has 0 aromatic heterocycles. The molecule has 7 heteroatoms. The second-order valence-electron chi connectivity index (χ2n) is 5.11. The minimum atomic E-state index is -0.376. The van der Waals surface area contributed by atoms with Crippen LogP contribution in [-0.4, -0.2) is 30.7 Å². The Hall–Kier alpha value is -1.89. The van der Waals surface area contributed by atoms with Gasteiger partial charge in [0.25, 0.3) is 5.91 Å². The Balaban J connectivity index is 2.36. The maximum atomic E-state index is 11.7. The largest absolute Gasteiger partial charge is 0.484 e. The van der Waals surface area contributed by atoms with Gasteiger partial charge in [-0.05, 0) is 44.0 Å². The predicted molar refractivity (Wildman–Crippen MR) is 93.5 cm³/mol. The van der Waals surface area contributed by atoms with E-state index in [-0.39, 0.29) is 24.8 Å². The number of nitrogens with zero attached hydrogens (tertiary/aromatic N) is 1. The fraction of sp³-hybridized carbons (Fsp3) is 0.438. The summed E-state index contributed by atoms with van der Waals surface area (Å²) in [6.07, 6.45) is 1.04. The van der Waals surface area contributed by atoms with E-state index >= 15 is 0 Å². The van der Waals surface area contributed by atoms with Gasteiger partial charge < -0.3 is 10.1 Å². The van der Waals surface area contributed by atoms with Crippen molar-refractivity contribution in [1.82, 2.24) is 10.7 Å². The zero-order valence-electron chi connectivity index (χ0n) is 13.6. The highest BCUT2D eigenvalue weighted by atomic mass is 79.9. The van der Waals surface area contributed by atoms with E-state index < -0.39 is 0 Å². The average Bonchev–Trinajstić information content (AvgIpc) is 2.52. The molecule has 0 saturated carbocycles. The van der Waals surface area contributed by atoms with Crippen LogP contribution in [0.3, 0.4) is 0 Å². The van der Waals surface area contributed by atoms with Crippen LogP contribution in [0.15, 0.2) is 27.8 Å². The third kappa shape index (κ3) is 7.78. The molecule has 0 atom stereocenters. The second-order valence-corrected chi connectivity index (χ2v) is 5.96. The van der Waals surface area contributed by atoms with Gasteiger partial charge in [-0.2, -0.15) is 5.10 Å². The molecule has 0 saturated heterocycles.